The Morgan fingerprint density at radius 1 is 0.592 bits per heavy atom. The lowest BCUT2D eigenvalue weighted by molar-refractivity contribution is -0.138. The maximum atomic E-state index is 10.6. The first-order valence-corrected chi connectivity index (χ1v) is 16.1. The molecule has 10 heteroatoms. The van der Waals surface area contributed by atoms with Crippen molar-refractivity contribution in [1.29, 1.82) is 0 Å². The van der Waals surface area contributed by atoms with E-state index in [9.17, 15) is 9.59 Å². The molecule has 0 aliphatic carbocycles. The zero-order valence-corrected chi connectivity index (χ0v) is 27.6. The Morgan fingerprint density at radius 2 is 1.06 bits per heavy atom. The van der Waals surface area contributed by atoms with Crippen LogP contribution in [0.2, 0.25) is 0 Å². The molecule has 5 rings (SSSR count). The van der Waals surface area contributed by atoms with Gasteiger partial charge in [-0.3, -0.25) is 9.59 Å². The lowest BCUT2D eigenvalue weighted by Gasteiger charge is -2.23. The number of likely N-dealkylation sites (N-methyl/N-ethyl adjacent to an activating group) is 1. The zero-order valence-electron chi connectivity index (χ0n) is 27.6. The summed E-state index contributed by atoms with van der Waals surface area (Å²) in [6.07, 6.45) is 4.89. The summed E-state index contributed by atoms with van der Waals surface area (Å²) in [4.78, 5) is 34.0. The molecule has 5 aromatic rings. The number of aliphatic carboxylic acids is 2. The second-order valence-electron chi connectivity index (χ2n) is 11.1. The minimum absolute atomic E-state index is 0.135. The molecule has 0 radical (unpaired) electrons. The highest BCUT2D eigenvalue weighted by atomic mass is 16.5. The van der Waals surface area contributed by atoms with Gasteiger partial charge in [0, 0.05) is 38.0 Å². The number of ether oxygens (including phenoxy) is 2. The van der Waals surface area contributed by atoms with Gasteiger partial charge in [-0.15, -0.1) is 0 Å². The number of nitrogens with zero attached hydrogens (tertiary/aromatic N) is 4. The molecule has 0 spiro atoms. The molecule has 0 saturated heterocycles. The van der Waals surface area contributed by atoms with E-state index < -0.39 is 11.9 Å². The minimum atomic E-state index is -0.786. The quantitative estimate of drug-likeness (QED) is 0.108. The number of aryl methyl sites for hydroxylation is 2. The number of rotatable bonds is 17. The zero-order chi connectivity index (χ0) is 34.7. The van der Waals surface area contributed by atoms with Crippen molar-refractivity contribution in [2.24, 2.45) is 0 Å². The van der Waals surface area contributed by atoms with Crippen molar-refractivity contribution in [3.05, 3.63) is 139 Å². The first-order chi connectivity index (χ1) is 23.9. The molecule has 10 nitrogen and oxygen atoms in total. The molecule has 0 unspecified atom stereocenters. The average Bonchev–Trinajstić information content (AvgIpc) is 3.14. The van der Waals surface area contributed by atoms with Gasteiger partial charge in [-0.05, 0) is 84.6 Å². The van der Waals surface area contributed by atoms with Crippen LogP contribution in [-0.4, -0.2) is 65.5 Å². The third kappa shape index (κ3) is 13.0. The number of anilines is 3. The maximum absolute atomic E-state index is 10.6. The summed E-state index contributed by atoms with van der Waals surface area (Å²) in [7, 11) is 1.97. The van der Waals surface area contributed by atoms with E-state index in [-0.39, 0.29) is 12.8 Å². The number of carboxylic acids is 2. The highest BCUT2D eigenvalue weighted by Crippen LogP contribution is 2.23. The highest BCUT2D eigenvalue weighted by molar-refractivity contribution is 5.67. The number of benzene rings is 3. The summed E-state index contributed by atoms with van der Waals surface area (Å²) in [5, 5.41) is 17.4. The average molecular weight is 663 g/mol. The molecular weight excluding hydrogens is 620 g/mol. The predicted octanol–water partition coefficient (Wildman–Crippen LogP) is 6.93. The number of para-hydroxylation sites is 1. The molecule has 2 heterocycles. The van der Waals surface area contributed by atoms with Crippen molar-refractivity contribution >= 4 is 29.3 Å². The van der Waals surface area contributed by atoms with Gasteiger partial charge in [-0.25, -0.2) is 9.97 Å². The van der Waals surface area contributed by atoms with Crippen LogP contribution >= 0.6 is 0 Å². The monoisotopic (exact) mass is 662 g/mol. The van der Waals surface area contributed by atoms with Gasteiger partial charge in [-0.2, -0.15) is 0 Å². The number of carbonyl (C=O) groups is 2. The summed E-state index contributed by atoms with van der Waals surface area (Å²) in [5.74, 6) is 1.77. The van der Waals surface area contributed by atoms with Crippen molar-refractivity contribution in [2.75, 3.05) is 43.2 Å². The molecule has 0 atom stereocenters. The van der Waals surface area contributed by atoms with Crippen LogP contribution in [0.5, 0.6) is 11.5 Å². The molecule has 2 aromatic heterocycles. The molecule has 0 bridgehead atoms. The molecule has 3 aromatic carbocycles. The number of aromatic nitrogens is 2. The van der Waals surface area contributed by atoms with Gasteiger partial charge in [0.1, 0.15) is 36.3 Å². The lowest BCUT2D eigenvalue weighted by Crippen LogP contribution is -2.24. The topological polar surface area (TPSA) is 125 Å². The van der Waals surface area contributed by atoms with Gasteiger partial charge in [-0.1, -0.05) is 54.6 Å². The molecule has 2 N–H and O–H groups in total. The number of carboxylic acid groups (broad SMARTS) is 2. The van der Waals surface area contributed by atoms with Gasteiger partial charge < -0.3 is 29.5 Å². The summed E-state index contributed by atoms with van der Waals surface area (Å²) in [6.45, 7) is 2.45. The molecule has 0 aliphatic heterocycles. The summed E-state index contributed by atoms with van der Waals surface area (Å²) >= 11 is 0. The third-order valence-corrected chi connectivity index (χ3v) is 7.41. The largest absolute Gasteiger partial charge is 0.492 e. The van der Waals surface area contributed by atoms with Crippen LogP contribution in [-0.2, 0) is 22.4 Å². The molecular formula is C39H42N4O6. The van der Waals surface area contributed by atoms with Crippen LogP contribution in [0.4, 0.5) is 17.3 Å². The van der Waals surface area contributed by atoms with Gasteiger partial charge in [0.2, 0.25) is 0 Å². The normalized spacial score (nSPS) is 10.3. The van der Waals surface area contributed by atoms with Gasteiger partial charge in [0.15, 0.2) is 0 Å². The second-order valence-corrected chi connectivity index (χ2v) is 11.1. The summed E-state index contributed by atoms with van der Waals surface area (Å²) < 4.78 is 11.6. The van der Waals surface area contributed by atoms with E-state index in [1.54, 1.807) is 12.4 Å². The van der Waals surface area contributed by atoms with E-state index in [0.29, 0.717) is 32.6 Å². The third-order valence-electron chi connectivity index (χ3n) is 7.41. The van der Waals surface area contributed by atoms with E-state index >= 15 is 0 Å². The fourth-order valence-corrected chi connectivity index (χ4v) is 4.75. The van der Waals surface area contributed by atoms with Crippen LogP contribution in [0.3, 0.4) is 0 Å². The highest BCUT2D eigenvalue weighted by Gasteiger charge is 2.10. The molecule has 49 heavy (non-hydrogen) atoms. The standard InChI is InChI=1S/C22H22N2O3.C17H20N2O3/c25-22(26)14-11-18-9-12-20(13-10-18)27-17-16-24(19-6-2-1-3-7-19)21-8-4-5-15-23-21;1-19(16-4-2-3-11-18-16)12-13-22-15-8-5-14(6-9-15)7-10-17(20)21/h1-10,12-13,15H,11,14,16-17H2,(H,25,26);2-6,8-9,11H,7,10,12-13H2,1H3,(H,20,21). The van der Waals surface area contributed by atoms with E-state index in [1.807, 2.05) is 127 Å². The maximum Gasteiger partial charge on any atom is 0.303 e. The van der Waals surface area contributed by atoms with Crippen molar-refractivity contribution < 1.29 is 29.3 Å². The van der Waals surface area contributed by atoms with Gasteiger partial charge >= 0.3 is 11.9 Å². The molecule has 0 aliphatic rings. The Bertz CT molecular complexity index is 1630. The van der Waals surface area contributed by atoms with Crippen LogP contribution in [0.25, 0.3) is 0 Å². The Morgan fingerprint density at radius 3 is 1.53 bits per heavy atom. The van der Waals surface area contributed by atoms with Gasteiger partial charge in [0.25, 0.3) is 0 Å². The number of hydrogen-bond acceptors (Lipinski definition) is 8. The Kier molecular flexibility index (Phi) is 14.4. The smallest absolute Gasteiger partial charge is 0.303 e. The van der Waals surface area contributed by atoms with Crippen molar-refractivity contribution in [3.63, 3.8) is 0 Å². The molecule has 254 valence electrons. The second kappa shape index (κ2) is 19.7. The lowest BCUT2D eigenvalue weighted by atomic mass is 10.1. The van der Waals surface area contributed by atoms with Crippen molar-refractivity contribution in [3.8, 4) is 11.5 Å². The summed E-state index contributed by atoms with van der Waals surface area (Å²) in [5.41, 5.74) is 3.05. The molecule has 0 saturated carbocycles. The fraction of sp³-hybridized carbons (Fsp3) is 0.231. The van der Waals surface area contributed by atoms with Crippen LogP contribution in [0, 0.1) is 0 Å². The van der Waals surface area contributed by atoms with E-state index in [0.717, 1.165) is 46.5 Å². The van der Waals surface area contributed by atoms with E-state index in [4.69, 9.17) is 19.7 Å². The molecule has 0 amide bonds. The Labute approximate surface area is 287 Å². The summed E-state index contributed by atoms with van der Waals surface area (Å²) in [6, 6.07) is 36.9. The predicted molar refractivity (Wildman–Crippen MR) is 191 cm³/mol. The van der Waals surface area contributed by atoms with Crippen LogP contribution in [0.1, 0.15) is 24.0 Å². The van der Waals surface area contributed by atoms with Crippen molar-refractivity contribution in [2.45, 2.75) is 25.7 Å². The molecule has 0 fully saturated rings. The number of hydrogen-bond donors (Lipinski definition) is 2. The Balaban J connectivity index is 0.000000226. The van der Waals surface area contributed by atoms with Crippen LogP contribution < -0.4 is 19.3 Å². The SMILES string of the molecule is CN(CCOc1ccc(CCC(=O)O)cc1)c1ccccn1.O=C(O)CCc1ccc(OCCN(c2ccccc2)c2ccccn2)cc1. The van der Waals surface area contributed by atoms with Gasteiger partial charge in [0.05, 0.1) is 13.1 Å². The number of pyridine rings is 2. The van der Waals surface area contributed by atoms with E-state index in [2.05, 4.69) is 14.9 Å². The van der Waals surface area contributed by atoms with Crippen LogP contribution in [0.15, 0.2) is 128 Å². The van der Waals surface area contributed by atoms with Crippen molar-refractivity contribution in [1.82, 2.24) is 9.97 Å². The first-order valence-electron chi connectivity index (χ1n) is 16.1. The fourth-order valence-electron chi connectivity index (χ4n) is 4.75. The minimum Gasteiger partial charge on any atom is -0.492 e. The van der Waals surface area contributed by atoms with E-state index in [1.165, 1.54) is 0 Å². The first kappa shape index (κ1) is 35.9. The Hall–Kier alpha value is -5.90.